The number of nitrogens with zero attached hydrogens (tertiary/aromatic N) is 2. The smallest absolute Gasteiger partial charge is 0.270 e. The van der Waals surface area contributed by atoms with Crippen molar-refractivity contribution in [2.45, 2.75) is 25.7 Å². The van der Waals surface area contributed by atoms with Crippen molar-refractivity contribution in [2.75, 3.05) is 5.73 Å². The number of fused-ring (bicyclic) bond motifs is 1. The summed E-state index contributed by atoms with van der Waals surface area (Å²) in [6.07, 6.45) is 4.58. The topological polar surface area (TPSA) is 82.0 Å². The van der Waals surface area contributed by atoms with Crippen LogP contribution in [0.1, 0.15) is 23.3 Å². The van der Waals surface area contributed by atoms with Gasteiger partial charge in [0.25, 0.3) is 5.69 Å². The van der Waals surface area contributed by atoms with Crippen LogP contribution in [-0.4, -0.2) is 9.91 Å². The Labute approximate surface area is 146 Å². The molecule has 0 bridgehead atoms. The molecule has 0 atom stereocenters. The Bertz CT molecular complexity index is 930. The Balaban J connectivity index is 1.75. The first-order chi connectivity index (χ1) is 11.6. The molecule has 3 aromatic rings. The number of hydrogen-bond donors (Lipinski definition) is 1. The summed E-state index contributed by atoms with van der Waals surface area (Å²) in [6, 6.07) is 6.58. The number of thiazole rings is 1. The van der Waals surface area contributed by atoms with E-state index in [1.54, 1.807) is 34.8 Å². The van der Waals surface area contributed by atoms with Gasteiger partial charge in [0.2, 0.25) is 0 Å². The molecule has 122 valence electrons. The summed E-state index contributed by atoms with van der Waals surface area (Å²) in [5.41, 5.74) is 10.3. The number of benzene rings is 1. The van der Waals surface area contributed by atoms with E-state index in [-0.39, 0.29) is 10.6 Å². The zero-order chi connectivity index (χ0) is 16.7. The number of rotatable bonds is 3. The molecule has 7 heteroatoms. The molecule has 0 spiro atoms. The van der Waals surface area contributed by atoms with Gasteiger partial charge in [-0.25, -0.2) is 4.98 Å². The molecular formula is C17H15N3O2S2. The second-order valence-electron chi connectivity index (χ2n) is 5.80. The van der Waals surface area contributed by atoms with Gasteiger partial charge in [-0.2, -0.15) is 0 Å². The number of nitrogens with two attached hydrogens (primary N) is 1. The van der Waals surface area contributed by atoms with E-state index in [0.717, 1.165) is 39.7 Å². The second kappa shape index (κ2) is 5.99. The molecule has 1 aliphatic rings. The molecule has 5 nitrogen and oxygen atoms in total. The highest BCUT2D eigenvalue weighted by atomic mass is 32.1. The third-order valence-electron chi connectivity index (χ3n) is 4.27. The standard InChI is InChI=1S/C17H15N3O2S2/c18-16-15(12-6-1-2-7-14(12)24-16)17-19-13(9-23-17)10-4-3-5-11(8-10)20(21)22/h3-5,8-9H,1-2,6-7,18H2. The van der Waals surface area contributed by atoms with Crippen LogP contribution in [0.3, 0.4) is 0 Å². The second-order valence-corrected chi connectivity index (χ2v) is 7.79. The maximum atomic E-state index is 11.0. The van der Waals surface area contributed by atoms with Gasteiger partial charge in [0.1, 0.15) is 5.01 Å². The van der Waals surface area contributed by atoms with Gasteiger partial charge in [0.05, 0.1) is 15.6 Å². The minimum Gasteiger partial charge on any atom is -0.390 e. The van der Waals surface area contributed by atoms with Gasteiger partial charge in [-0.15, -0.1) is 22.7 Å². The fraction of sp³-hybridized carbons (Fsp3) is 0.235. The molecule has 0 aliphatic heterocycles. The first-order valence-electron chi connectivity index (χ1n) is 7.74. The number of nitro benzene ring substituents is 1. The average Bonchev–Trinajstić information content (AvgIpc) is 3.18. The van der Waals surface area contributed by atoms with Crippen molar-refractivity contribution >= 4 is 33.4 Å². The van der Waals surface area contributed by atoms with Gasteiger partial charge < -0.3 is 5.73 Å². The summed E-state index contributed by atoms with van der Waals surface area (Å²) in [4.78, 5) is 16.7. The van der Waals surface area contributed by atoms with E-state index in [1.165, 1.54) is 29.3 Å². The van der Waals surface area contributed by atoms with Crippen LogP contribution in [0.15, 0.2) is 29.6 Å². The molecule has 0 fully saturated rings. The number of nitrogen functional groups attached to an aromatic ring is 1. The lowest BCUT2D eigenvalue weighted by atomic mass is 9.96. The highest BCUT2D eigenvalue weighted by Gasteiger charge is 2.22. The van der Waals surface area contributed by atoms with E-state index < -0.39 is 0 Å². The molecular weight excluding hydrogens is 342 g/mol. The van der Waals surface area contributed by atoms with E-state index in [9.17, 15) is 10.1 Å². The van der Waals surface area contributed by atoms with E-state index in [0.29, 0.717) is 0 Å². The zero-order valence-corrected chi connectivity index (χ0v) is 14.5. The third-order valence-corrected chi connectivity index (χ3v) is 6.25. The summed E-state index contributed by atoms with van der Waals surface area (Å²) >= 11 is 3.23. The number of aromatic nitrogens is 1. The molecule has 2 heterocycles. The van der Waals surface area contributed by atoms with Gasteiger partial charge in [0, 0.05) is 33.5 Å². The van der Waals surface area contributed by atoms with Crippen LogP contribution in [0, 0.1) is 10.1 Å². The average molecular weight is 357 g/mol. The lowest BCUT2D eigenvalue weighted by molar-refractivity contribution is -0.384. The highest BCUT2D eigenvalue weighted by molar-refractivity contribution is 7.18. The molecule has 0 saturated heterocycles. The van der Waals surface area contributed by atoms with Crippen molar-refractivity contribution < 1.29 is 4.92 Å². The van der Waals surface area contributed by atoms with Crippen LogP contribution < -0.4 is 5.73 Å². The summed E-state index contributed by atoms with van der Waals surface area (Å²) < 4.78 is 0. The van der Waals surface area contributed by atoms with Crippen LogP contribution in [0.25, 0.3) is 21.8 Å². The van der Waals surface area contributed by atoms with E-state index in [1.807, 2.05) is 11.4 Å². The largest absolute Gasteiger partial charge is 0.390 e. The molecule has 0 amide bonds. The Morgan fingerprint density at radius 3 is 2.92 bits per heavy atom. The lowest BCUT2D eigenvalue weighted by Gasteiger charge is -2.11. The molecule has 4 rings (SSSR count). The summed E-state index contributed by atoms with van der Waals surface area (Å²) in [6.45, 7) is 0. The van der Waals surface area contributed by atoms with Gasteiger partial charge in [0.15, 0.2) is 0 Å². The summed E-state index contributed by atoms with van der Waals surface area (Å²) in [7, 11) is 0. The van der Waals surface area contributed by atoms with E-state index >= 15 is 0 Å². The number of aryl methyl sites for hydroxylation is 1. The van der Waals surface area contributed by atoms with Crippen LogP contribution in [0.4, 0.5) is 10.7 Å². The summed E-state index contributed by atoms with van der Waals surface area (Å²) in [5, 5.41) is 14.6. The van der Waals surface area contributed by atoms with Crippen LogP contribution in [0.2, 0.25) is 0 Å². The summed E-state index contributed by atoms with van der Waals surface area (Å²) in [5.74, 6) is 0. The third kappa shape index (κ3) is 2.59. The Hall–Kier alpha value is -2.25. The fourth-order valence-electron chi connectivity index (χ4n) is 3.12. The van der Waals surface area contributed by atoms with Crippen LogP contribution >= 0.6 is 22.7 Å². The normalized spacial score (nSPS) is 13.7. The molecule has 0 radical (unpaired) electrons. The number of nitro groups is 1. The monoisotopic (exact) mass is 357 g/mol. The molecule has 2 N–H and O–H groups in total. The van der Waals surface area contributed by atoms with E-state index in [4.69, 9.17) is 10.7 Å². The number of hydrogen-bond acceptors (Lipinski definition) is 6. The van der Waals surface area contributed by atoms with Gasteiger partial charge in [-0.05, 0) is 31.2 Å². The fourth-order valence-corrected chi connectivity index (χ4v) is 5.26. The van der Waals surface area contributed by atoms with Crippen molar-refractivity contribution in [3.8, 4) is 21.8 Å². The Kier molecular flexibility index (Phi) is 3.82. The molecule has 2 aromatic heterocycles. The van der Waals surface area contributed by atoms with Crippen molar-refractivity contribution in [3.05, 3.63) is 50.2 Å². The molecule has 0 unspecified atom stereocenters. The maximum absolute atomic E-state index is 11.0. The quantitative estimate of drug-likeness (QED) is 0.533. The van der Waals surface area contributed by atoms with Crippen LogP contribution in [-0.2, 0) is 12.8 Å². The number of anilines is 1. The number of non-ortho nitro benzene ring substituents is 1. The molecule has 1 aliphatic carbocycles. The van der Waals surface area contributed by atoms with Crippen molar-refractivity contribution in [1.29, 1.82) is 0 Å². The molecule has 24 heavy (non-hydrogen) atoms. The molecule has 1 aromatic carbocycles. The van der Waals surface area contributed by atoms with Crippen molar-refractivity contribution in [3.63, 3.8) is 0 Å². The van der Waals surface area contributed by atoms with Gasteiger partial charge >= 0.3 is 0 Å². The van der Waals surface area contributed by atoms with Crippen molar-refractivity contribution in [2.24, 2.45) is 0 Å². The van der Waals surface area contributed by atoms with Crippen molar-refractivity contribution in [1.82, 2.24) is 4.98 Å². The predicted molar refractivity (Wildman–Crippen MR) is 98.6 cm³/mol. The Morgan fingerprint density at radius 1 is 1.25 bits per heavy atom. The zero-order valence-electron chi connectivity index (χ0n) is 12.8. The van der Waals surface area contributed by atoms with E-state index in [2.05, 4.69) is 0 Å². The van der Waals surface area contributed by atoms with Gasteiger partial charge in [-0.1, -0.05) is 12.1 Å². The van der Waals surface area contributed by atoms with Gasteiger partial charge in [-0.3, -0.25) is 10.1 Å². The minimum atomic E-state index is -0.385. The highest BCUT2D eigenvalue weighted by Crippen LogP contribution is 2.44. The maximum Gasteiger partial charge on any atom is 0.270 e. The first-order valence-corrected chi connectivity index (χ1v) is 9.44. The SMILES string of the molecule is Nc1sc2c(c1-c1nc(-c3cccc([N+](=O)[O-])c3)cs1)CCCC2. The van der Waals surface area contributed by atoms with Crippen LogP contribution in [0.5, 0.6) is 0 Å². The Morgan fingerprint density at radius 2 is 2.08 bits per heavy atom. The first kappa shape index (κ1) is 15.3. The lowest BCUT2D eigenvalue weighted by Crippen LogP contribution is -1.99. The molecule has 0 saturated carbocycles. The number of thiophene rings is 1. The predicted octanol–water partition coefficient (Wildman–Crippen LogP) is 4.91. The minimum absolute atomic E-state index is 0.0782.